The normalized spacial score (nSPS) is 12.0. The van der Waals surface area contributed by atoms with Gasteiger partial charge in [-0.2, -0.15) is 0 Å². The lowest BCUT2D eigenvalue weighted by atomic mass is 9.93. The van der Waals surface area contributed by atoms with Gasteiger partial charge in [0.15, 0.2) is 11.5 Å². The SMILES string of the molecule is COc1c(OC)c2ccc3cc2c2cc(ccc12)c(-c1ccccc1)c1nc(c(-c2ccc(C)cc2)c2ccc(s2)c(-c2ccc(C)cc2)c2nc(c3-c3ccccc3)C=C2)C=C1. The van der Waals surface area contributed by atoms with Crippen molar-refractivity contribution in [3.05, 3.63) is 192 Å². The molecule has 2 aliphatic heterocycles. The largest absolute Gasteiger partial charge is 0.492 e. The van der Waals surface area contributed by atoms with Gasteiger partial charge in [-0.3, -0.25) is 0 Å². The van der Waals surface area contributed by atoms with E-state index < -0.39 is 0 Å². The van der Waals surface area contributed by atoms with E-state index >= 15 is 0 Å². The van der Waals surface area contributed by atoms with Crippen LogP contribution in [0.1, 0.15) is 33.9 Å². The molecule has 0 amide bonds. The van der Waals surface area contributed by atoms with Gasteiger partial charge >= 0.3 is 0 Å². The van der Waals surface area contributed by atoms with Gasteiger partial charge in [-0.05, 0) is 118 Å². The van der Waals surface area contributed by atoms with Gasteiger partial charge in [0.2, 0.25) is 0 Å². The van der Waals surface area contributed by atoms with Crippen LogP contribution in [0.15, 0.2) is 158 Å². The van der Waals surface area contributed by atoms with Crippen molar-refractivity contribution in [2.75, 3.05) is 14.2 Å². The first-order chi connectivity index (χ1) is 30.9. The van der Waals surface area contributed by atoms with Crippen LogP contribution in [0.2, 0.25) is 0 Å². The highest BCUT2D eigenvalue weighted by Crippen LogP contribution is 2.47. The highest BCUT2D eigenvalue weighted by molar-refractivity contribution is 7.24. The van der Waals surface area contributed by atoms with Gasteiger partial charge in [-0.15, -0.1) is 11.3 Å². The molecule has 11 rings (SSSR count). The van der Waals surface area contributed by atoms with Crippen molar-refractivity contribution in [2.24, 2.45) is 0 Å². The molecule has 0 unspecified atom stereocenters. The van der Waals surface area contributed by atoms with E-state index in [1.54, 1.807) is 25.6 Å². The van der Waals surface area contributed by atoms with Crippen molar-refractivity contribution in [3.8, 4) is 56.0 Å². The van der Waals surface area contributed by atoms with Gasteiger partial charge in [0.05, 0.1) is 37.0 Å². The average molecular weight is 831 g/mol. The molecule has 0 saturated carbocycles. The van der Waals surface area contributed by atoms with Crippen LogP contribution < -0.4 is 9.47 Å². The third-order valence-corrected chi connectivity index (χ3v) is 13.3. The fourth-order valence-corrected chi connectivity index (χ4v) is 10.3. The molecule has 302 valence electrons. The minimum Gasteiger partial charge on any atom is -0.492 e. The second-order valence-electron chi connectivity index (χ2n) is 16.1. The summed E-state index contributed by atoms with van der Waals surface area (Å²) in [4.78, 5) is 11.1. The van der Waals surface area contributed by atoms with Gasteiger partial charge in [0, 0.05) is 42.4 Å². The highest BCUT2D eigenvalue weighted by atomic mass is 32.1. The van der Waals surface area contributed by atoms with E-state index in [2.05, 4.69) is 196 Å². The first kappa shape index (κ1) is 38.3. The number of thiophene rings is 1. The summed E-state index contributed by atoms with van der Waals surface area (Å²) in [6.07, 6.45) is 8.71. The molecule has 5 heteroatoms. The van der Waals surface area contributed by atoms with Crippen molar-refractivity contribution in [1.82, 2.24) is 9.97 Å². The van der Waals surface area contributed by atoms with Crippen molar-refractivity contribution >= 4 is 77.4 Å². The Balaban J connectivity index is 1.38. The Hall–Kier alpha value is -7.60. The minimum atomic E-state index is 0.703. The number of rotatable bonds is 6. The summed E-state index contributed by atoms with van der Waals surface area (Å²) in [7, 11) is 3.44. The Kier molecular flexibility index (Phi) is 9.55. The maximum Gasteiger partial charge on any atom is 0.169 e. The summed E-state index contributed by atoms with van der Waals surface area (Å²) in [6.45, 7) is 4.26. The molecule has 4 heterocycles. The van der Waals surface area contributed by atoms with Crippen LogP contribution in [0.4, 0.5) is 0 Å². The molecule has 2 aliphatic rings. The molecule has 0 fully saturated rings. The van der Waals surface area contributed by atoms with Crippen LogP contribution in [0.5, 0.6) is 11.5 Å². The molecule has 63 heavy (non-hydrogen) atoms. The molecule has 0 saturated heterocycles. The zero-order valence-electron chi connectivity index (χ0n) is 35.4. The van der Waals surface area contributed by atoms with Crippen molar-refractivity contribution < 1.29 is 9.47 Å². The Labute approximate surface area is 370 Å². The van der Waals surface area contributed by atoms with Crippen molar-refractivity contribution in [2.45, 2.75) is 13.8 Å². The summed E-state index contributed by atoms with van der Waals surface area (Å²) in [5, 5.41) is 6.14. The molecule has 9 aromatic rings. The zero-order chi connectivity index (χ0) is 42.6. The van der Waals surface area contributed by atoms with Crippen LogP contribution >= 0.6 is 11.3 Å². The molecule has 0 N–H and O–H groups in total. The van der Waals surface area contributed by atoms with Crippen LogP contribution in [0.25, 0.3) is 111 Å². The van der Waals surface area contributed by atoms with E-state index in [1.165, 1.54) is 11.1 Å². The minimum absolute atomic E-state index is 0.703. The number of ether oxygens (including phenoxy) is 2. The fraction of sp³-hybridized carbons (Fsp3) is 0.0690. The van der Waals surface area contributed by atoms with E-state index in [0.29, 0.717) is 11.5 Å². The number of fused-ring (bicyclic) bond motifs is 8. The van der Waals surface area contributed by atoms with Gasteiger partial charge in [0.1, 0.15) is 0 Å². The van der Waals surface area contributed by atoms with Crippen molar-refractivity contribution in [1.29, 1.82) is 0 Å². The molecule has 0 atom stereocenters. The molecule has 0 radical (unpaired) electrons. The van der Waals surface area contributed by atoms with Gasteiger partial charge < -0.3 is 9.47 Å². The first-order valence-electron chi connectivity index (χ1n) is 21.2. The number of hydrogen-bond donors (Lipinski definition) is 0. The lowest BCUT2D eigenvalue weighted by Gasteiger charge is -2.17. The summed E-state index contributed by atoms with van der Waals surface area (Å²) in [5.74, 6) is 1.41. The Morgan fingerprint density at radius 1 is 0.365 bits per heavy atom. The second-order valence-corrected chi connectivity index (χ2v) is 17.2. The lowest BCUT2D eigenvalue weighted by Crippen LogP contribution is -1.95. The van der Waals surface area contributed by atoms with E-state index in [9.17, 15) is 0 Å². The van der Waals surface area contributed by atoms with Crippen LogP contribution in [0, 0.1) is 13.8 Å². The number of hydrogen-bond acceptors (Lipinski definition) is 5. The molecule has 0 spiro atoms. The Morgan fingerprint density at radius 3 is 1.11 bits per heavy atom. The number of benzene rings is 7. The number of aryl methyl sites for hydroxylation is 2. The zero-order valence-corrected chi connectivity index (χ0v) is 36.3. The summed E-state index contributed by atoms with van der Waals surface area (Å²) in [5.41, 5.74) is 14.8. The predicted molar refractivity (Wildman–Crippen MR) is 267 cm³/mol. The summed E-state index contributed by atoms with van der Waals surface area (Å²) in [6, 6.07) is 56.7. The summed E-state index contributed by atoms with van der Waals surface area (Å²) < 4.78 is 14.6. The van der Waals surface area contributed by atoms with Gasteiger partial charge in [-0.1, -0.05) is 132 Å². The van der Waals surface area contributed by atoms with Crippen LogP contribution in [0.3, 0.4) is 0 Å². The predicted octanol–water partition coefficient (Wildman–Crippen LogP) is 15.7. The second kappa shape index (κ2) is 15.7. The quantitative estimate of drug-likeness (QED) is 0.157. The molecule has 0 aliphatic carbocycles. The third-order valence-electron chi connectivity index (χ3n) is 12.2. The van der Waals surface area contributed by atoms with E-state index in [1.807, 2.05) is 0 Å². The number of nitrogens with zero attached hydrogens (tertiary/aromatic N) is 2. The average Bonchev–Trinajstić information content (AvgIpc) is 4.12. The number of methoxy groups -OCH3 is 2. The van der Waals surface area contributed by atoms with E-state index in [0.717, 1.165) is 109 Å². The molecule has 7 aromatic carbocycles. The monoisotopic (exact) mass is 830 g/mol. The smallest absolute Gasteiger partial charge is 0.169 e. The molecule has 4 nitrogen and oxygen atoms in total. The topological polar surface area (TPSA) is 44.2 Å². The van der Waals surface area contributed by atoms with Crippen LogP contribution in [-0.4, -0.2) is 24.2 Å². The molecular formula is C58H42N2O2S. The van der Waals surface area contributed by atoms with E-state index in [-0.39, 0.29) is 0 Å². The fourth-order valence-electron chi connectivity index (χ4n) is 9.19. The molecule has 10 bridgehead atoms. The third kappa shape index (κ3) is 6.69. The van der Waals surface area contributed by atoms with E-state index in [4.69, 9.17) is 19.4 Å². The lowest BCUT2D eigenvalue weighted by molar-refractivity contribution is 0.362. The van der Waals surface area contributed by atoms with Gasteiger partial charge in [0.25, 0.3) is 0 Å². The molecule has 2 aromatic heterocycles. The van der Waals surface area contributed by atoms with Crippen molar-refractivity contribution in [3.63, 3.8) is 0 Å². The highest BCUT2D eigenvalue weighted by Gasteiger charge is 2.21. The van der Waals surface area contributed by atoms with Gasteiger partial charge in [-0.25, -0.2) is 9.97 Å². The Bertz CT molecular complexity index is 3280. The van der Waals surface area contributed by atoms with Crippen LogP contribution in [-0.2, 0) is 0 Å². The maximum atomic E-state index is 6.16. The standard InChI is InChI=1S/C58H42N2O2S/c1-35-15-19-39(20-16-35)55-49-29-27-47(59-49)53(37-11-7-5-8-12-37)41-23-25-43-45(33-41)46-34-42(24-26-44(46)58(62-4)57(43)61-3)54(38-13-9-6-10-14-38)48-28-30-50(60-48)56(52-32-31-51(55)63-52)40-21-17-36(2)18-22-40/h5-34H,1-4H3. The molecular weight excluding hydrogens is 789 g/mol. The summed E-state index contributed by atoms with van der Waals surface area (Å²) >= 11 is 1.78. The maximum absolute atomic E-state index is 6.16. The Morgan fingerprint density at radius 2 is 0.730 bits per heavy atom. The number of aromatic nitrogens is 2. The first-order valence-corrected chi connectivity index (χ1v) is 22.0.